The summed E-state index contributed by atoms with van der Waals surface area (Å²) in [4.78, 5) is 18.3. The lowest BCUT2D eigenvalue weighted by molar-refractivity contribution is 0.0976. The third kappa shape index (κ3) is 3.37. The molecule has 0 atom stereocenters. The van der Waals surface area contributed by atoms with Crippen LogP contribution in [-0.2, 0) is 0 Å². The Morgan fingerprint density at radius 2 is 2.12 bits per heavy atom. The number of benzene rings is 1. The zero-order valence-corrected chi connectivity index (χ0v) is 13.3. The maximum Gasteiger partial charge on any atom is 0.264 e. The van der Waals surface area contributed by atoms with Crippen molar-refractivity contribution in [3.63, 3.8) is 0 Å². The van der Waals surface area contributed by atoms with Crippen LogP contribution in [0.4, 0.5) is 14.5 Å². The zero-order valence-electron chi connectivity index (χ0n) is 13.3. The number of ether oxygens (including phenoxy) is 1. The normalized spacial score (nSPS) is 13.6. The van der Waals surface area contributed by atoms with Crippen LogP contribution >= 0.6 is 0 Å². The molecule has 0 N–H and O–H groups in total. The topological polar surface area (TPSA) is 42.4 Å². The van der Waals surface area contributed by atoms with Crippen LogP contribution in [0, 0.1) is 17.6 Å². The maximum absolute atomic E-state index is 14.6. The second kappa shape index (κ2) is 6.95. The fraction of sp³-hybridized carbons (Fsp3) is 0.333. The van der Waals surface area contributed by atoms with Crippen molar-refractivity contribution in [1.82, 2.24) is 4.98 Å². The first-order valence-corrected chi connectivity index (χ1v) is 7.94. The number of anilines is 1. The van der Waals surface area contributed by atoms with Crippen LogP contribution < -0.4 is 9.64 Å². The van der Waals surface area contributed by atoms with Gasteiger partial charge in [0.25, 0.3) is 5.91 Å². The first kappa shape index (κ1) is 16.4. The molecule has 1 saturated carbocycles. The molecule has 4 nitrogen and oxygen atoms in total. The standard InChI is InChI=1S/C18H18F2N2O2/c1-2-24-15-8-7-14(19)16(17(15)20)18(23)22(11-12-5-6-12)13-4-3-9-21-10-13/h3-4,7-10,12H,2,5-6,11H2,1H3. The summed E-state index contributed by atoms with van der Waals surface area (Å²) in [5.41, 5.74) is -0.0690. The predicted octanol–water partition coefficient (Wildman–Crippen LogP) is 3.82. The molecule has 1 amide bonds. The highest BCUT2D eigenvalue weighted by molar-refractivity contribution is 6.06. The molecule has 0 saturated heterocycles. The molecule has 1 aliphatic carbocycles. The number of rotatable bonds is 6. The number of carbonyl (C=O) groups is 1. The van der Waals surface area contributed by atoms with E-state index in [1.165, 1.54) is 17.2 Å². The first-order valence-electron chi connectivity index (χ1n) is 7.94. The lowest BCUT2D eigenvalue weighted by Crippen LogP contribution is -2.34. The lowest BCUT2D eigenvalue weighted by atomic mass is 10.1. The molecular weight excluding hydrogens is 314 g/mol. The molecule has 126 valence electrons. The Balaban J connectivity index is 1.99. The average Bonchev–Trinajstić information content (AvgIpc) is 3.40. The van der Waals surface area contributed by atoms with Gasteiger partial charge in [-0.3, -0.25) is 9.78 Å². The molecule has 6 heteroatoms. The molecule has 1 aliphatic rings. The maximum atomic E-state index is 14.6. The van der Waals surface area contributed by atoms with E-state index in [2.05, 4.69) is 4.98 Å². The largest absolute Gasteiger partial charge is 0.491 e. The van der Waals surface area contributed by atoms with Gasteiger partial charge in [0, 0.05) is 12.7 Å². The van der Waals surface area contributed by atoms with Gasteiger partial charge in [0.15, 0.2) is 11.6 Å². The monoisotopic (exact) mass is 332 g/mol. The number of pyridine rings is 1. The van der Waals surface area contributed by atoms with Gasteiger partial charge in [-0.1, -0.05) is 0 Å². The molecule has 0 bridgehead atoms. The van der Waals surface area contributed by atoms with Crippen molar-refractivity contribution in [1.29, 1.82) is 0 Å². The molecule has 2 aromatic rings. The van der Waals surface area contributed by atoms with Crippen LogP contribution in [-0.4, -0.2) is 24.0 Å². The molecule has 1 aromatic carbocycles. The van der Waals surface area contributed by atoms with E-state index in [1.54, 1.807) is 25.3 Å². The smallest absolute Gasteiger partial charge is 0.264 e. The van der Waals surface area contributed by atoms with Crippen molar-refractivity contribution in [3.8, 4) is 5.75 Å². The van der Waals surface area contributed by atoms with E-state index < -0.39 is 23.1 Å². The van der Waals surface area contributed by atoms with E-state index in [4.69, 9.17) is 4.74 Å². The second-order valence-electron chi connectivity index (χ2n) is 5.74. The Kier molecular flexibility index (Phi) is 4.74. The van der Waals surface area contributed by atoms with Gasteiger partial charge in [0.1, 0.15) is 11.4 Å². The van der Waals surface area contributed by atoms with Gasteiger partial charge in [0.05, 0.1) is 18.5 Å². The first-order chi connectivity index (χ1) is 11.6. The van der Waals surface area contributed by atoms with E-state index in [0.717, 1.165) is 18.9 Å². The molecule has 0 unspecified atom stereocenters. The summed E-state index contributed by atoms with van der Waals surface area (Å²) in [6.45, 7) is 2.34. The fourth-order valence-electron chi connectivity index (χ4n) is 2.51. The summed E-state index contributed by atoms with van der Waals surface area (Å²) in [5.74, 6) is -2.35. The van der Waals surface area contributed by atoms with Crippen LogP contribution in [0.2, 0.25) is 0 Å². The van der Waals surface area contributed by atoms with E-state index >= 15 is 0 Å². The van der Waals surface area contributed by atoms with Crippen LogP contribution in [0.3, 0.4) is 0 Å². The van der Waals surface area contributed by atoms with Gasteiger partial charge in [0.2, 0.25) is 0 Å². The summed E-state index contributed by atoms with van der Waals surface area (Å²) in [6.07, 6.45) is 5.12. The quantitative estimate of drug-likeness (QED) is 0.808. The molecule has 1 aromatic heterocycles. The minimum atomic E-state index is -0.966. The highest BCUT2D eigenvalue weighted by Crippen LogP contribution is 2.33. The molecular formula is C18H18F2N2O2. The second-order valence-corrected chi connectivity index (χ2v) is 5.74. The van der Waals surface area contributed by atoms with Gasteiger partial charge in [-0.05, 0) is 49.9 Å². The van der Waals surface area contributed by atoms with Crippen molar-refractivity contribution < 1.29 is 18.3 Å². The van der Waals surface area contributed by atoms with E-state index in [-0.39, 0.29) is 12.4 Å². The van der Waals surface area contributed by atoms with Crippen LogP contribution in [0.15, 0.2) is 36.7 Å². The van der Waals surface area contributed by atoms with E-state index in [1.807, 2.05) is 0 Å². The summed E-state index contributed by atoms with van der Waals surface area (Å²) >= 11 is 0. The number of halogens is 2. The Bertz CT molecular complexity index is 733. The van der Waals surface area contributed by atoms with Gasteiger partial charge in [-0.2, -0.15) is 0 Å². The Hall–Kier alpha value is -2.50. The molecule has 24 heavy (non-hydrogen) atoms. The predicted molar refractivity (Wildman–Crippen MR) is 86.2 cm³/mol. The summed E-state index contributed by atoms with van der Waals surface area (Å²) < 4.78 is 33.9. The number of hydrogen-bond donors (Lipinski definition) is 0. The third-order valence-corrected chi connectivity index (χ3v) is 3.91. The number of aromatic nitrogens is 1. The molecule has 0 spiro atoms. The minimum Gasteiger partial charge on any atom is -0.491 e. The van der Waals surface area contributed by atoms with Crippen molar-refractivity contribution in [2.24, 2.45) is 5.92 Å². The highest BCUT2D eigenvalue weighted by atomic mass is 19.1. The van der Waals surface area contributed by atoms with Crippen molar-refractivity contribution in [2.45, 2.75) is 19.8 Å². The Morgan fingerprint density at radius 3 is 2.75 bits per heavy atom. The van der Waals surface area contributed by atoms with Gasteiger partial charge in [-0.15, -0.1) is 0 Å². The van der Waals surface area contributed by atoms with E-state index in [0.29, 0.717) is 18.2 Å². The minimum absolute atomic E-state index is 0.125. The van der Waals surface area contributed by atoms with Gasteiger partial charge in [-0.25, -0.2) is 8.78 Å². The number of amides is 1. The highest BCUT2D eigenvalue weighted by Gasteiger charge is 2.31. The van der Waals surface area contributed by atoms with Crippen molar-refractivity contribution in [3.05, 3.63) is 53.9 Å². The number of hydrogen-bond acceptors (Lipinski definition) is 3. The number of nitrogens with zero attached hydrogens (tertiary/aromatic N) is 2. The summed E-state index contributed by atoms with van der Waals surface area (Å²) in [6, 6.07) is 5.64. The summed E-state index contributed by atoms with van der Waals surface area (Å²) in [7, 11) is 0. The summed E-state index contributed by atoms with van der Waals surface area (Å²) in [5, 5.41) is 0. The van der Waals surface area contributed by atoms with Crippen molar-refractivity contribution in [2.75, 3.05) is 18.1 Å². The van der Waals surface area contributed by atoms with Gasteiger partial charge >= 0.3 is 0 Å². The number of carbonyl (C=O) groups excluding carboxylic acids is 1. The Labute approximate surface area is 139 Å². The van der Waals surface area contributed by atoms with Crippen LogP contribution in [0.1, 0.15) is 30.1 Å². The van der Waals surface area contributed by atoms with Crippen LogP contribution in [0.5, 0.6) is 5.75 Å². The Morgan fingerprint density at radius 1 is 1.33 bits per heavy atom. The zero-order chi connectivity index (χ0) is 17.1. The third-order valence-electron chi connectivity index (χ3n) is 3.91. The van der Waals surface area contributed by atoms with Crippen molar-refractivity contribution >= 4 is 11.6 Å². The molecule has 1 fully saturated rings. The van der Waals surface area contributed by atoms with Crippen LogP contribution in [0.25, 0.3) is 0 Å². The van der Waals surface area contributed by atoms with E-state index in [9.17, 15) is 13.6 Å². The molecule has 0 radical (unpaired) electrons. The average molecular weight is 332 g/mol. The molecule has 0 aliphatic heterocycles. The van der Waals surface area contributed by atoms with Gasteiger partial charge < -0.3 is 9.64 Å². The lowest BCUT2D eigenvalue weighted by Gasteiger charge is -2.23. The molecule has 3 rings (SSSR count). The fourth-order valence-corrected chi connectivity index (χ4v) is 2.51. The molecule has 1 heterocycles. The SMILES string of the molecule is CCOc1ccc(F)c(C(=O)N(CC2CC2)c2cccnc2)c1F.